The molecule has 2 N–H and O–H groups in total. The molecular formula is C53H53BN14O8. The maximum Gasteiger partial charge on any atom is 0.514 e. The van der Waals surface area contributed by atoms with E-state index in [0.29, 0.717) is 17.0 Å². The van der Waals surface area contributed by atoms with Crippen molar-refractivity contribution < 1.29 is 37.9 Å². The van der Waals surface area contributed by atoms with Crippen LogP contribution in [0.25, 0.3) is 22.8 Å². The fraction of sp³-hybridized carbons (Fsp3) is 0.170. The Kier molecular flexibility index (Phi) is 19.5. The minimum absolute atomic E-state index is 0.183. The first-order chi connectivity index (χ1) is 37.0. The van der Waals surface area contributed by atoms with Crippen LogP contribution in [0.15, 0.2) is 202 Å². The lowest BCUT2D eigenvalue weighted by Crippen LogP contribution is -2.42. The quantitative estimate of drug-likeness (QED) is 0.102. The highest BCUT2D eigenvalue weighted by molar-refractivity contribution is 6.61. The van der Waals surface area contributed by atoms with Crippen LogP contribution in [-0.4, -0.2) is 106 Å². The van der Waals surface area contributed by atoms with E-state index in [9.17, 15) is 14.4 Å². The number of benzene rings is 3. The molecule has 8 heterocycles. The summed E-state index contributed by atoms with van der Waals surface area (Å²) in [6.45, 7) is 8.48. The number of rotatable bonds is 9. The largest absolute Gasteiger partial charge is 0.514 e. The van der Waals surface area contributed by atoms with Gasteiger partial charge in [0.15, 0.2) is 0 Å². The summed E-state index contributed by atoms with van der Waals surface area (Å²) in [5.74, 6) is 0. The van der Waals surface area contributed by atoms with Gasteiger partial charge in [0.05, 0.1) is 45.8 Å². The number of aromatic nitrogens is 14. The van der Waals surface area contributed by atoms with Crippen molar-refractivity contribution in [1.82, 2.24) is 69.7 Å². The summed E-state index contributed by atoms with van der Waals surface area (Å²) >= 11 is 0. The first-order valence-electron chi connectivity index (χ1n) is 23.5. The molecule has 0 unspecified atom stereocenters. The van der Waals surface area contributed by atoms with Gasteiger partial charge in [-0.25, -0.2) is 34.3 Å². The first-order valence-corrected chi connectivity index (χ1v) is 23.5. The van der Waals surface area contributed by atoms with Gasteiger partial charge in [-0.05, 0) is 86.8 Å². The molecule has 0 aliphatic carbocycles. The highest BCUT2D eigenvalue weighted by Gasteiger charge is 2.53. The number of carbonyl (C=O) groups is 3. The van der Waals surface area contributed by atoms with Gasteiger partial charge in [0.1, 0.15) is 32.5 Å². The SMILES string of the molecule is CC1(C)OB(c2ccnn2C(=O)OCc2ccccc2)OC1(C)C.O=C(OCc1ccccc1)n1cccn1.O=C(OCc1ccccc1)n1nccc1-c1ccncn1.c1cc(-c2ccn[nH]2)ncn1.c1cn[nH]c1. The zero-order chi connectivity index (χ0) is 53.4. The summed E-state index contributed by atoms with van der Waals surface area (Å²) in [6.07, 6.45) is 15.9. The molecule has 0 atom stereocenters. The van der Waals surface area contributed by atoms with Crippen molar-refractivity contribution in [3.8, 4) is 22.8 Å². The van der Waals surface area contributed by atoms with Crippen molar-refractivity contribution in [1.29, 1.82) is 0 Å². The molecule has 0 radical (unpaired) electrons. The lowest BCUT2D eigenvalue weighted by atomic mass is 9.85. The summed E-state index contributed by atoms with van der Waals surface area (Å²) in [6, 6.07) is 40.8. The highest BCUT2D eigenvalue weighted by atomic mass is 16.7. The Balaban J connectivity index is 0.000000147. The molecule has 3 aromatic carbocycles. The molecule has 7 aromatic heterocycles. The van der Waals surface area contributed by atoms with Crippen molar-refractivity contribution in [2.24, 2.45) is 0 Å². The fourth-order valence-corrected chi connectivity index (χ4v) is 6.48. The average Bonchev–Trinajstić information content (AvgIpc) is 4.33. The van der Waals surface area contributed by atoms with E-state index in [4.69, 9.17) is 23.5 Å². The van der Waals surface area contributed by atoms with Gasteiger partial charge in [-0.3, -0.25) is 10.2 Å². The number of carbonyl (C=O) groups excluding carboxylic acids is 3. The van der Waals surface area contributed by atoms with Crippen LogP contribution >= 0.6 is 0 Å². The van der Waals surface area contributed by atoms with Gasteiger partial charge in [-0.2, -0.15) is 39.5 Å². The molecule has 1 aliphatic heterocycles. The zero-order valence-electron chi connectivity index (χ0n) is 41.9. The van der Waals surface area contributed by atoms with Gasteiger partial charge >= 0.3 is 25.4 Å². The normalized spacial score (nSPS) is 12.6. The van der Waals surface area contributed by atoms with Crippen LogP contribution in [0.2, 0.25) is 0 Å². The fourth-order valence-electron chi connectivity index (χ4n) is 6.48. The van der Waals surface area contributed by atoms with Gasteiger partial charge in [-0.15, -0.1) is 0 Å². The molecule has 22 nitrogen and oxygen atoms in total. The Hall–Kier alpha value is -9.74. The van der Waals surface area contributed by atoms with E-state index in [1.807, 2.05) is 137 Å². The second-order valence-corrected chi connectivity index (χ2v) is 16.9. The van der Waals surface area contributed by atoms with Crippen molar-refractivity contribution in [3.63, 3.8) is 0 Å². The third-order valence-corrected chi connectivity index (χ3v) is 11.1. The summed E-state index contributed by atoms with van der Waals surface area (Å²) in [5.41, 5.74) is 5.28. The van der Waals surface area contributed by atoms with Crippen molar-refractivity contribution in [3.05, 3.63) is 219 Å². The minimum Gasteiger partial charge on any atom is -0.443 e. The summed E-state index contributed by atoms with van der Waals surface area (Å²) in [4.78, 5) is 51.6. The predicted molar refractivity (Wildman–Crippen MR) is 278 cm³/mol. The lowest BCUT2D eigenvalue weighted by molar-refractivity contribution is 0.00578. The van der Waals surface area contributed by atoms with Crippen LogP contribution in [0.4, 0.5) is 14.4 Å². The van der Waals surface area contributed by atoms with E-state index in [1.54, 1.807) is 61.4 Å². The standard InChI is InChI=1S/C17H21BN2O4.C15H12N4O2.C11H10N2O2.C7H6N4.C3H4N2/c1-16(2)17(3,4)24-18(23-16)14-10-11-19-20(14)15(21)22-12-13-8-6-5-7-9-13;20-15(21-10-12-4-2-1-3-5-12)19-14(7-9-18-19)13-6-8-16-11-17-13;14-11(13-8-4-7-12-13)15-9-10-5-2-1-3-6-10;1-3-8-5-9-6(1)7-2-4-10-11-7;1-2-4-5-3-1/h5-11H,12H2,1-4H3;1-9,11H,10H2;1-8H,9H2;1-5H,(H,10,11);1-3H,(H,4,5). The van der Waals surface area contributed by atoms with Crippen LogP contribution in [0.1, 0.15) is 44.4 Å². The zero-order valence-corrected chi connectivity index (χ0v) is 41.9. The number of ether oxygens (including phenoxy) is 3. The molecule has 10 aromatic rings. The maximum atomic E-state index is 12.3. The van der Waals surface area contributed by atoms with E-state index >= 15 is 0 Å². The van der Waals surface area contributed by atoms with E-state index in [-0.39, 0.29) is 19.8 Å². The summed E-state index contributed by atoms with van der Waals surface area (Å²) in [5, 5.41) is 24.6. The van der Waals surface area contributed by atoms with Crippen LogP contribution < -0.4 is 5.59 Å². The Labute approximate surface area is 437 Å². The number of hydrogen-bond donors (Lipinski definition) is 2. The molecular weight excluding hydrogens is 971 g/mol. The third kappa shape index (κ3) is 15.9. The molecule has 0 amide bonds. The predicted octanol–water partition coefficient (Wildman–Crippen LogP) is 8.24. The maximum absolute atomic E-state index is 12.3. The smallest absolute Gasteiger partial charge is 0.443 e. The number of H-pyrrole nitrogens is 2. The number of nitrogens with zero attached hydrogens (tertiary/aromatic N) is 12. The highest BCUT2D eigenvalue weighted by Crippen LogP contribution is 2.36. The van der Waals surface area contributed by atoms with Crippen LogP contribution in [0.5, 0.6) is 0 Å². The number of aromatic amines is 2. The summed E-state index contributed by atoms with van der Waals surface area (Å²) < 4.78 is 31.1. The van der Waals surface area contributed by atoms with Crippen LogP contribution in [0, 0.1) is 0 Å². The second kappa shape index (κ2) is 27.4. The monoisotopic (exact) mass is 1020 g/mol. The molecule has 1 aliphatic rings. The Morgan fingerprint density at radius 2 is 1.07 bits per heavy atom. The minimum atomic E-state index is -0.665. The van der Waals surface area contributed by atoms with E-state index in [0.717, 1.165) is 32.8 Å². The Bertz CT molecular complexity index is 3190. The molecule has 76 heavy (non-hydrogen) atoms. The van der Waals surface area contributed by atoms with E-state index in [2.05, 4.69) is 55.6 Å². The molecule has 0 saturated carbocycles. The Morgan fingerprint density at radius 1 is 0.526 bits per heavy atom. The lowest BCUT2D eigenvalue weighted by Gasteiger charge is -2.32. The first kappa shape index (κ1) is 54.0. The van der Waals surface area contributed by atoms with E-state index in [1.165, 1.54) is 40.6 Å². The molecule has 1 fully saturated rings. The number of hydrogen-bond acceptors (Lipinski definition) is 17. The molecule has 386 valence electrons. The van der Waals surface area contributed by atoms with Crippen LogP contribution in [0.3, 0.4) is 0 Å². The second-order valence-electron chi connectivity index (χ2n) is 16.9. The third-order valence-electron chi connectivity index (χ3n) is 11.1. The van der Waals surface area contributed by atoms with Gasteiger partial charge in [0.25, 0.3) is 0 Å². The number of nitrogens with one attached hydrogen (secondary N) is 2. The molecule has 11 rings (SSSR count). The Morgan fingerprint density at radius 3 is 1.54 bits per heavy atom. The van der Waals surface area contributed by atoms with Crippen molar-refractivity contribution in [2.45, 2.75) is 58.7 Å². The molecule has 1 saturated heterocycles. The van der Waals surface area contributed by atoms with Crippen LogP contribution in [-0.2, 0) is 43.3 Å². The van der Waals surface area contributed by atoms with Gasteiger partial charge in [-0.1, -0.05) is 91.0 Å². The molecule has 0 bridgehead atoms. The van der Waals surface area contributed by atoms with Gasteiger partial charge in [0.2, 0.25) is 0 Å². The molecule has 0 spiro atoms. The van der Waals surface area contributed by atoms with Crippen molar-refractivity contribution in [2.75, 3.05) is 0 Å². The van der Waals surface area contributed by atoms with Gasteiger partial charge < -0.3 is 23.5 Å². The topological polar surface area (TPSA) is 260 Å². The summed E-state index contributed by atoms with van der Waals surface area (Å²) in [7, 11) is -0.665. The van der Waals surface area contributed by atoms with Crippen molar-refractivity contribution >= 4 is 31.0 Å². The molecule has 23 heteroatoms. The van der Waals surface area contributed by atoms with Gasteiger partial charge in [0, 0.05) is 49.6 Å². The average molecular weight is 1020 g/mol. The van der Waals surface area contributed by atoms with E-state index < -0.39 is 36.6 Å².